The van der Waals surface area contributed by atoms with Crippen molar-refractivity contribution in [1.29, 1.82) is 0 Å². The first kappa shape index (κ1) is 15.3. The zero-order chi connectivity index (χ0) is 16.7. The molecule has 8 heteroatoms. The summed E-state index contributed by atoms with van der Waals surface area (Å²) in [5.41, 5.74) is 4.27. The molecule has 0 aliphatic heterocycles. The van der Waals surface area contributed by atoms with Gasteiger partial charge >= 0.3 is 0 Å². The third-order valence-electron chi connectivity index (χ3n) is 4.14. The van der Waals surface area contributed by atoms with Gasteiger partial charge in [-0.1, -0.05) is 0 Å². The van der Waals surface area contributed by atoms with E-state index in [2.05, 4.69) is 20.6 Å². The summed E-state index contributed by atoms with van der Waals surface area (Å²) in [4.78, 5) is 12.5. The molecule has 0 saturated carbocycles. The molecule has 3 aromatic rings. The molecule has 3 aromatic heterocycles. The average molecular weight is 315 g/mol. The third-order valence-corrected chi connectivity index (χ3v) is 4.14. The first-order chi connectivity index (χ1) is 10.9. The van der Waals surface area contributed by atoms with Crippen LogP contribution in [0.15, 0.2) is 12.4 Å². The van der Waals surface area contributed by atoms with E-state index in [9.17, 15) is 4.79 Å². The minimum Gasteiger partial charge on any atom is -0.321 e. The molecule has 0 aliphatic carbocycles. The van der Waals surface area contributed by atoms with Crippen molar-refractivity contribution in [3.05, 3.63) is 23.8 Å². The quantitative estimate of drug-likeness (QED) is 0.796. The highest BCUT2D eigenvalue weighted by Gasteiger charge is 2.20. The van der Waals surface area contributed by atoms with Crippen molar-refractivity contribution < 1.29 is 4.79 Å². The molecule has 0 bridgehead atoms. The van der Waals surface area contributed by atoms with Gasteiger partial charge < -0.3 is 5.32 Å². The topological polar surface area (TPSA) is 82.6 Å². The van der Waals surface area contributed by atoms with Crippen LogP contribution < -0.4 is 5.32 Å². The molecule has 0 aliphatic rings. The van der Waals surface area contributed by atoms with Crippen LogP contribution in [-0.2, 0) is 18.4 Å². The fourth-order valence-electron chi connectivity index (χ4n) is 2.65. The molecule has 0 aromatic carbocycles. The molecule has 23 heavy (non-hydrogen) atoms. The maximum atomic E-state index is 12.5. The number of hydrogen-bond donors (Lipinski definition) is 1. The third kappa shape index (κ3) is 2.49. The number of anilines is 1. The molecule has 0 fully saturated rings. The Morgan fingerprint density at radius 3 is 2.70 bits per heavy atom. The lowest BCUT2D eigenvalue weighted by Gasteiger charge is -2.12. The van der Waals surface area contributed by atoms with Gasteiger partial charge in [0.2, 0.25) is 5.91 Å². The Bertz CT molecular complexity index is 836. The molecule has 0 spiro atoms. The van der Waals surface area contributed by atoms with E-state index < -0.39 is 6.04 Å². The van der Waals surface area contributed by atoms with Crippen molar-refractivity contribution in [1.82, 2.24) is 29.3 Å². The summed E-state index contributed by atoms with van der Waals surface area (Å²) in [5.74, 6) is -0.123. The highest BCUT2D eigenvalue weighted by atomic mass is 16.2. The first-order valence-corrected chi connectivity index (χ1v) is 7.64. The predicted octanol–water partition coefficient (Wildman–Crippen LogP) is 1.80. The normalized spacial score (nSPS) is 12.7. The number of aryl methyl sites for hydroxylation is 3. The predicted molar refractivity (Wildman–Crippen MR) is 87.2 cm³/mol. The molecule has 122 valence electrons. The number of carbonyl (C=O) groups excluding carboxylic acids is 1. The Kier molecular flexibility index (Phi) is 3.67. The molecule has 1 amide bonds. The SMILES string of the molecule is CCn1ncc(NC(=O)C(C)n2cc3c(n2)c(C)nn3C)c1C. The number of nitrogens with zero attached hydrogens (tertiary/aromatic N) is 6. The van der Waals surface area contributed by atoms with Gasteiger partial charge in [0.25, 0.3) is 0 Å². The Labute approximate surface area is 134 Å². The van der Waals surface area contributed by atoms with Crippen molar-refractivity contribution in [2.24, 2.45) is 7.05 Å². The van der Waals surface area contributed by atoms with Crippen LogP contribution in [-0.4, -0.2) is 35.2 Å². The number of fused-ring (bicyclic) bond motifs is 1. The van der Waals surface area contributed by atoms with Gasteiger partial charge in [0.05, 0.1) is 29.5 Å². The van der Waals surface area contributed by atoms with Crippen LogP contribution in [0.3, 0.4) is 0 Å². The highest BCUT2D eigenvalue weighted by Crippen LogP contribution is 2.20. The number of hydrogen-bond acceptors (Lipinski definition) is 4. The summed E-state index contributed by atoms with van der Waals surface area (Å²) in [7, 11) is 1.87. The van der Waals surface area contributed by atoms with Gasteiger partial charge in [-0.15, -0.1) is 0 Å². The molecule has 3 heterocycles. The number of rotatable bonds is 4. The van der Waals surface area contributed by atoms with Crippen LogP contribution in [0.1, 0.15) is 31.3 Å². The van der Waals surface area contributed by atoms with E-state index in [1.807, 2.05) is 45.6 Å². The van der Waals surface area contributed by atoms with Crippen molar-refractivity contribution in [2.75, 3.05) is 5.32 Å². The minimum absolute atomic E-state index is 0.123. The lowest BCUT2D eigenvalue weighted by atomic mass is 10.3. The van der Waals surface area contributed by atoms with Crippen LogP contribution >= 0.6 is 0 Å². The van der Waals surface area contributed by atoms with Crippen LogP contribution in [0.4, 0.5) is 5.69 Å². The zero-order valence-corrected chi connectivity index (χ0v) is 14.0. The van der Waals surface area contributed by atoms with Crippen LogP contribution in [0.5, 0.6) is 0 Å². The Balaban J connectivity index is 1.83. The molecule has 1 N–H and O–H groups in total. The van der Waals surface area contributed by atoms with E-state index in [0.717, 1.165) is 34.7 Å². The summed E-state index contributed by atoms with van der Waals surface area (Å²) in [6.45, 7) is 8.46. The van der Waals surface area contributed by atoms with Gasteiger partial charge in [0.15, 0.2) is 0 Å². The average Bonchev–Trinajstić information content (AvgIpc) is 3.17. The molecule has 0 radical (unpaired) electrons. The van der Waals surface area contributed by atoms with Gasteiger partial charge in [-0.25, -0.2) is 0 Å². The molecule has 8 nitrogen and oxygen atoms in total. The molecule has 1 unspecified atom stereocenters. The maximum absolute atomic E-state index is 12.5. The molecule has 1 atom stereocenters. The van der Waals surface area contributed by atoms with Crippen molar-refractivity contribution in [2.45, 2.75) is 40.3 Å². The second-order valence-electron chi connectivity index (χ2n) is 5.68. The van der Waals surface area contributed by atoms with E-state index in [1.165, 1.54) is 0 Å². The maximum Gasteiger partial charge on any atom is 0.249 e. The summed E-state index contributed by atoms with van der Waals surface area (Å²) in [6.07, 6.45) is 3.53. The van der Waals surface area contributed by atoms with Crippen LogP contribution in [0.2, 0.25) is 0 Å². The Morgan fingerprint density at radius 1 is 1.35 bits per heavy atom. The van der Waals surface area contributed by atoms with Crippen LogP contribution in [0, 0.1) is 13.8 Å². The smallest absolute Gasteiger partial charge is 0.249 e. The van der Waals surface area contributed by atoms with Gasteiger partial charge in [-0.2, -0.15) is 15.3 Å². The van der Waals surface area contributed by atoms with Crippen molar-refractivity contribution >= 4 is 22.6 Å². The van der Waals surface area contributed by atoms with Crippen LogP contribution in [0.25, 0.3) is 11.0 Å². The Morgan fingerprint density at radius 2 is 2.09 bits per heavy atom. The lowest BCUT2D eigenvalue weighted by Crippen LogP contribution is -2.24. The molecular formula is C15H21N7O. The lowest BCUT2D eigenvalue weighted by molar-refractivity contribution is -0.119. The highest BCUT2D eigenvalue weighted by molar-refractivity contribution is 5.94. The van der Waals surface area contributed by atoms with Gasteiger partial charge in [0.1, 0.15) is 17.1 Å². The number of aromatic nitrogens is 6. The summed E-state index contributed by atoms with van der Waals surface area (Å²) in [5, 5.41) is 16.0. The second kappa shape index (κ2) is 5.53. The fraction of sp³-hybridized carbons (Fsp3) is 0.467. The molecule has 3 rings (SSSR count). The standard InChI is InChI=1S/C15H21N7O/c1-6-21-10(3)12(7-16-21)17-15(23)11(4)22-8-13-14(19-22)9(2)18-20(13)5/h7-8,11H,6H2,1-5H3,(H,17,23). The zero-order valence-electron chi connectivity index (χ0n) is 14.0. The first-order valence-electron chi connectivity index (χ1n) is 7.64. The number of nitrogens with one attached hydrogen (secondary N) is 1. The largest absolute Gasteiger partial charge is 0.321 e. The summed E-state index contributed by atoms with van der Waals surface area (Å²) in [6, 6.07) is -0.425. The van der Waals surface area contributed by atoms with E-state index in [-0.39, 0.29) is 5.91 Å². The summed E-state index contributed by atoms with van der Waals surface area (Å²) >= 11 is 0. The van der Waals surface area contributed by atoms with Gasteiger partial charge in [-0.3, -0.25) is 18.8 Å². The minimum atomic E-state index is -0.425. The number of amides is 1. The van der Waals surface area contributed by atoms with E-state index in [4.69, 9.17) is 0 Å². The number of carbonyl (C=O) groups is 1. The van der Waals surface area contributed by atoms with Gasteiger partial charge in [0, 0.05) is 13.6 Å². The van der Waals surface area contributed by atoms with Gasteiger partial charge in [-0.05, 0) is 27.7 Å². The van der Waals surface area contributed by atoms with E-state index in [1.54, 1.807) is 15.6 Å². The summed E-state index contributed by atoms with van der Waals surface area (Å²) < 4.78 is 5.29. The second-order valence-corrected chi connectivity index (χ2v) is 5.68. The molecular weight excluding hydrogens is 294 g/mol. The van der Waals surface area contributed by atoms with E-state index in [0.29, 0.717) is 0 Å². The Hall–Kier alpha value is -2.64. The van der Waals surface area contributed by atoms with Crippen molar-refractivity contribution in [3.63, 3.8) is 0 Å². The monoisotopic (exact) mass is 315 g/mol. The van der Waals surface area contributed by atoms with Crippen molar-refractivity contribution in [3.8, 4) is 0 Å². The molecule has 0 saturated heterocycles. The fourth-order valence-corrected chi connectivity index (χ4v) is 2.65. The van der Waals surface area contributed by atoms with E-state index >= 15 is 0 Å².